The minimum Gasteiger partial charge on any atom is -0.454 e. The Labute approximate surface area is 169 Å². The fourth-order valence-corrected chi connectivity index (χ4v) is 4.13. The summed E-state index contributed by atoms with van der Waals surface area (Å²) in [6.07, 6.45) is 0. The summed E-state index contributed by atoms with van der Waals surface area (Å²) in [6, 6.07) is 14.4. The number of hydrogen-bond donors (Lipinski definition) is 0. The van der Waals surface area contributed by atoms with E-state index in [-0.39, 0.29) is 12.7 Å². The van der Waals surface area contributed by atoms with Gasteiger partial charge in [0.15, 0.2) is 11.5 Å². The fourth-order valence-electron chi connectivity index (χ4n) is 4.13. The summed E-state index contributed by atoms with van der Waals surface area (Å²) in [5.41, 5.74) is 5.15. The zero-order valence-electron chi connectivity index (χ0n) is 16.6. The monoisotopic (exact) mass is 389 g/mol. The first kappa shape index (κ1) is 17.8. The number of pyridine rings is 1. The SMILES string of the molecule is CC(=O)N1CCN(c2ccc3nc(-c4cccc5c4OCO5)cc(C)c3c2)CC1. The van der Waals surface area contributed by atoms with Gasteiger partial charge in [-0.3, -0.25) is 4.79 Å². The lowest BCUT2D eigenvalue weighted by atomic mass is 10.0. The molecule has 0 N–H and O–H groups in total. The van der Waals surface area contributed by atoms with Gasteiger partial charge in [-0.15, -0.1) is 0 Å². The number of aryl methyl sites for hydroxylation is 1. The zero-order chi connectivity index (χ0) is 20.0. The predicted octanol–water partition coefficient (Wildman–Crippen LogP) is 3.61. The van der Waals surface area contributed by atoms with Crippen molar-refractivity contribution in [2.75, 3.05) is 37.9 Å². The van der Waals surface area contributed by atoms with Crippen molar-refractivity contribution in [3.05, 3.63) is 48.0 Å². The van der Waals surface area contributed by atoms with E-state index in [1.807, 2.05) is 23.1 Å². The largest absolute Gasteiger partial charge is 0.454 e. The van der Waals surface area contributed by atoms with Crippen molar-refractivity contribution in [2.24, 2.45) is 0 Å². The molecule has 0 saturated carbocycles. The maximum Gasteiger partial charge on any atom is 0.231 e. The van der Waals surface area contributed by atoms with Gasteiger partial charge in [0.05, 0.1) is 11.2 Å². The van der Waals surface area contributed by atoms with Crippen molar-refractivity contribution in [1.29, 1.82) is 0 Å². The number of fused-ring (bicyclic) bond motifs is 2. The molecule has 3 heterocycles. The Hall–Kier alpha value is -3.28. The Morgan fingerprint density at radius 2 is 1.86 bits per heavy atom. The number of nitrogens with zero attached hydrogens (tertiary/aromatic N) is 3. The average molecular weight is 389 g/mol. The molecule has 0 atom stereocenters. The third-order valence-electron chi connectivity index (χ3n) is 5.76. The number of piperazine rings is 1. The summed E-state index contributed by atoms with van der Waals surface area (Å²) in [7, 11) is 0. The molecule has 5 rings (SSSR count). The van der Waals surface area contributed by atoms with Crippen LogP contribution >= 0.6 is 0 Å². The molecule has 2 aromatic carbocycles. The van der Waals surface area contributed by atoms with Crippen molar-refractivity contribution >= 4 is 22.5 Å². The van der Waals surface area contributed by atoms with Crippen LogP contribution in [0.5, 0.6) is 11.5 Å². The highest BCUT2D eigenvalue weighted by Crippen LogP contribution is 2.41. The van der Waals surface area contributed by atoms with Crippen LogP contribution in [0.4, 0.5) is 5.69 Å². The van der Waals surface area contributed by atoms with Crippen LogP contribution in [0.25, 0.3) is 22.2 Å². The second kappa shape index (κ2) is 6.95. The Bertz CT molecular complexity index is 1100. The molecule has 2 aliphatic heterocycles. The first-order valence-electron chi connectivity index (χ1n) is 9.91. The Balaban J connectivity index is 1.48. The number of aromatic nitrogens is 1. The Morgan fingerprint density at radius 3 is 2.66 bits per heavy atom. The zero-order valence-corrected chi connectivity index (χ0v) is 16.6. The third-order valence-corrected chi connectivity index (χ3v) is 5.76. The van der Waals surface area contributed by atoms with Crippen LogP contribution in [0.2, 0.25) is 0 Å². The molecule has 0 bridgehead atoms. The molecule has 0 aliphatic carbocycles. The van der Waals surface area contributed by atoms with Gasteiger partial charge in [-0.05, 0) is 48.9 Å². The maximum atomic E-state index is 11.6. The van der Waals surface area contributed by atoms with Gasteiger partial charge < -0.3 is 19.3 Å². The van der Waals surface area contributed by atoms with Crippen LogP contribution < -0.4 is 14.4 Å². The van der Waals surface area contributed by atoms with Crippen LogP contribution in [-0.2, 0) is 4.79 Å². The summed E-state index contributed by atoms with van der Waals surface area (Å²) >= 11 is 0. The van der Waals surface area contributed by atoms with E-state index in [4.69, 9.17) is 14.5 Å². The molecule has 1 saturated heterocycles. The van der Waals surface area contributed by atoms with Crippen LogP contribution in [-0.4, -0.2) is 48.8 Å². The van der Waals surface area contributed by atoms with E-state index < -0.39 is 0 Å². The molecular formula is C23H23N3O3. The van der Waals surface area contributed by atoms with Crippen molar-refractivity contribution in [2.45, 2.75) is 13.8 Å². The molecule has 6 nitrogen and oxygen atoms in total. The summed E-state index contributed by atoms with van der Waals surface area (Å²) in [4.78, 5) is 20.7. The molecule has 148 valence electrons. The van der Waals surface area contributed by atoms with Crippen LogP contribution in [0, 0.1) is 6.92 Å². The first-order valence-corrected chi connectivity index (χ1v) is 9.91. The van der Waals surface area contributed by atoms with Crippen LogP contribution in [0.15, 0.2) is 42.5 Å². The minimum atomic E-state index is 0.150. The van der Waals surface area contributed by atoms with Crippen molar-refractivity contribution in [3.8, 4) is 22.8 Å². The summed E-state index contributed by atoms with van der Waals surface area (Å²) in [6.45, 7) is 7.24. The van der Waals surface area contributed by atoms with Crippen LogP contribution in [0.1, 0.15) is 12.5 Å². The van der Waals surface area contributed by atoms with Gasteiger partial charge in [0, 0.05) is 49.7 Å². The van der Waals surface area contributed by atoms with E-state index in [0.29, 0.717) is 0 Å². The minimum absolute atomic E-state index is 0.150. The number of para-hydroxylation sites is 1. The number of hydrogen-bond acceptors (Lipinski definition) is 5. The Kier molecular flexibility index (Phi) is 4.27. The summed E-state index contributed by atoms with van der Waals surface area (Å²) in [5, 5.41) is 1.14. The lowest BCUT2D eigenvalue weighted by Gasteiger charge is -2.35. The molecule has 0 unspecified atom stereocenters. The molecule has 29 heavy (non-hydrogen) atoms. The molecule has 0 spiro atoms. The highest BCUT2D eigenvalue weighted by atomic mass is 16.7. The molecule has 6 heteroatoms. The van der Waals surface area contributed by atoms with Gasteiger partial charge in [-0.1, -0.05) is 6.07 Å². The first-order chi connectivity index (χ1) is 14.1. The standard InChI is InChI=1S/C23H23N3O3/c1-15-12-21(18-4-3-5-22-23(18)29-14-28-22)24-20-7-6-17(13-19(15)20)26-10-8-25(9-11-26)16(2)27/h3-7,12-13H,8-11,14H2,1-2H3. The van der Waals surface area contributed by atoms with Crippen molar-refractivity contribution in [1.82, 2.24) is 9.88 Å². The second-order valence-corrected chi connectivity index (χ2v) is 7.56. The lowest BCUT2D eigenvalue weighted by molar-refractivity contribution is -0.129. The molecule has 1 fully saturated rings. The van der Waals surface area contributed by atoms with E-state index in [9.17, 15) is 4.79 Å². The number of benzene rings is 2. The third kappa shape index (κ3) is 3.14. The van der Waals surface area contributed by atoms with Gasteiger partial charge in [-0.2, -0.15) is 0 Å². The number of amides is 1. The molecule has 1 aromatic heterocycles. The van der Waals surface area contributed by atoms with E-state index in [1.54, 1.807) is 6.92 Å². The van der Waals surface area contributed by atoms with Gasteiger partial charge in [0.2, 0.25) is 12.7 Å². The normalized spacial score (nSPS) is 15.8. The topological polar surface area (TPSA) is 54.9 Å². The van der Waals surface area contributed by atoms with Gasteiger partial charge in [0.1, 0.15) is 0 Å². The van der Waals surface area contributed by atoms with Gasteiger partial charge >= 0.3 is 0 Å². The number of carbonyl (C=O) groups excluding carboxylic acids is 1. The number of ether oxygens (including phenoxy) is 2. The fraction of sp³-hybridized carbons (Fsp3) is 0.304. The number of anilines is 1. The smallest absolute Gasteiger partial charge is 0.231 e. The maximum absolute atomic E-state index is 11.6. The quantitative estimate of drug-likeness (QED) is 0.670. The molecule has 2 aliphatic rings. The lowest BCUT2D eigenvalue weighted by Crippen LogP contribution is -2.48. The van der Waals surface area contributed by atoms with Gasteiger partial charge in [-0.25, -0.2) is 4.98 Å². The molecule has 1 amide bonds. The van der Waals surface area contributed by atoms with E-state index in [2.05, 4.69) is 36.1 Å². The van der Waals surface area contributed by atoms with E-state index in [0.717, 1.165) is 59.8 Å². The summed E-state index contributed by atoms with van der Waals surface area (Å²) in [5.74, 6) is 1.68. The molecule has 3 aromatic rings. The van der Waals surface area contributed by atoms with Crippen molar-refractivity contribution < 1.29 is 14.3 Å². The predicted molar refractivity (Wildman–Crippen MR) is 113 cm³/mol. The number of rotatable bonds is 2. The Morgan fingerprint density at radius 1 is 1.03 bits per heavy atom. The second-order valence-electron chi connectivity index (χ2n) is 7.56. The van der Waals surface area contributed by atoms with E-state index in [1.165, 1.54) is 11.3 Å². The molecular weight excluding hydrogens is 366 g/mol. The van der Waals surface area contributed by atoms with Crippen LogP contribution in [0.3, 0.4) is 0 Å². The highest BCUT2D eigenvalue weighted by molar-refractivity contribution is 5.89. The van der Waals surface area contributed by atoms with Gasteiger partial charge in [0.25, 0.3) is 0 Å². The average Bonchev–Trinajstić information content (AvgIpc) is 3.22. The highest BCUT2D eigenvalue weighted by Gasteiger charge is 2.21. The summed E-state index contributed by atoms with van der Waals surface area (Å²) < 4.78 is 11.2. The van der Waals surface area contributed by atoms with Crippen molar-refractivity contribution in [3.63, 3.8) is 0 Å². The van der Waals surface area contributed by atoms with E-state index >= 15 is 0 Å². The molecule has 0 radical (unpaired) electrons. The number of carbonyl (C=O) groups is 1.